The molecule has 0 aliphatic carbocycles. The Morgan fingerprint density at radius 2 is 1.95 bits per heavy atom. The highest BCUT2D eigenvalue weighted by molar-refractivity contribution is 7.99. The highest BCUT2D eigenvalue weighted by atomic mass is 35.5. The van der Waals surface area contributed by atoms with E-state index in [4.69, 9.17) is 26.3 Å². The van der Waals surface area contributed by atoms with E-state index in [0.717, 1.165) is 21.1 Å². The molecule has 0 aliphatic rings. The molecular formula is C16H14ClNO2S. The first-order chi connectivity index (χ1) is 10.2. The van der Waals surface area contributed by atoms with Crippen LogP contribution in [0.25, 0.3) is 0 Å². The third-order valence-electron chi connectivity index (χ3n) is 2.89. The van der Waals surface area contributed by atoms with Gasteiger partial charge < -0.3 is 9.47 Å². The number of nitriles is 1. The Labute approximate surface area is 133 Å². The zero-order valence-electron chi connectivity index (χ0n) is 11.7. The van der Waals surface area contributed by atoms with E-state index in [2.05, 4.69) is 6.07 Å². The molecule has 0 aromatic heterocycles. The minimum absolute atomic E-state index is 0.358. The van der Waals surface area contributed by atoms with E-state index in [0.29, 0.717) is 17.2 Å². The predicted octanol–water partition coefficient (Wildman–Crippen LogP) is 4.57. The molecule has 0 N–H and O–H groups in total. The fraction of sp³-hybridized carbons (Fsp3) is 0.188. The van der Waals surface area contributed by atoms with Crippen molar-refractivity contribution in [1.82, 2.24) is 0 Å². The zero-order chi connectivity index (χ0) is 15.2. The van der Waals surface area contributed by atoms with Crippen LogP contribution >= 0.6 is 23.4 Å². The lowest BCUT2D eigenvalue weighted by molar-refractivity contribution is 0.413. The van der Waals surface area contributed by atoms with Crippen molar-refractivity contribution in [3.8, 4) is 17.6 Å². The van der Waals surface area contributed by atoms with Gasteiger partial charge in [-0.2, -0.15) is 5.26 Å². The van der Waals surface area contributed by atoms with E-state index in [1.807, 2.05) is 30.3 Å². The molecule has 0 amide bonds. The van der Waals surface area contributed by atoms with Gasteiger partial charge in [-0.05, 0) is 35.9 Å². The lowest BCUT2D eigenvalue weighted by Gasteiger charge is -2.10. The Bertz CT molecular complexity index is 682. The van der Waals surface area contributed by atoms with Crippen molar-refractivity contribution in [3.63, 3.8) is 0 Å². The Kier molecular flexibility index (Phi) is 5.38. The maximum atomic E-state index is 8.93. The van der Waals surface area contributed by atoms with Gasteiger partial charge in [0.05, 0.1) is 31.7 Å². The average molecular weight is 320 g/mol. The minimum Gasteiger partial charge on any atom is -0.497 e. The quantitative estimate of drug-likeness (QED) is 0.809. The molecule has 0 aliphatic heterocycles. The summed E-state index contributed by atoms with van der Waals surface area (Å²) in [5.74, 6) is 1.39. The summed E-state index contributed by atoms with van der Waals surface area (Å²) in [5, 5.41) is 9.50. The van der Waals surface area contributed by atoms with Crippen LogP contribution in [0.1, 0.15) is 5.56 Å². The van der Waals surface area contributed by atoms with Gasteiger partial charge >= 0.3 is 0 Å². The number of methoxy groups -OCH3 is 2. The molecule has 0 heterocycles. The van der Waals surface area contributed by atoms with Crippen LogP contribution in [0.5, 0.6) is 11.5 Å². The van der Waals surface area contributed by atoms with Crippen LogP contribution in [0, 0.1) is 11.3 Å². The van der Waals surface area contributed by atoms with Crippen molar-refractivity contribution < 1.29 is 9.47 Å². The van der Waals surface area contributed by atoms with Crippen LogP contribution in [0.4, 0.5) is 0 Å². The molecule has 2 rings (SSSR count). The summed E-state index contributed by atoms with van der Waals surface area (Å²) in [5.41, 5.74) is 0.970. The topological polar surface area (TPSA) is 42.2 Å². The summed E-state index contributed by atoms with van der Waals surface area (Å²) in [6, 6.07) is 13.5. The first-order valence-corrected chi connectivity index (χ1v) is 7.42. The van der Waals surface area contributed by atoms with E-state index in [9.17, 15) is 0 Å². The molecule has 0 atom stereocenters. The monoisotopic (exact) mass is 319 g/mol. The van der Waals surface area contributed by atoms with Crippen molar-refractivity contribution in [2.75, 3.05) is 14.2 Å². The Balaban J connectivity index is 2.35. The maximum Gasteiger partial charge on any atom is 0.138 e. The van der Waals surface area contributed by atoms with Crippen LogP contribution in [0.3, 0.4) is 0 Å². The molecule has 0 fully saturated rings. The molecule has 0 spiro atoms. The molecule has 2 aromatic rings. The minimum atomic E-state index is 0.358. The second-order valence-corrected chi connectivity index (χ2v) is 5.73. The zero-order valence-corrected chi connectivity index (χ0v) is 13.3. The summed E-state index contributed by atoms with van der Waals surface area (Å²) in [6.45, 7) is 0. The Morgan fingerprint density at radius 3 is 2.62 bits per heavy atom. The molecule has 0 unspecified atom stereocenters. The molecule has 2 aromatic carbocycles. The summed E-state index contributed by atoms with van der Waals surface area (Å²) in [4.78, 5) is 1.98. The highest BCUT2D eigenvalue weighted by Crippen LogP contribution is 2.37. The van der Waals surface area contributed by atoms with Gasteiger partial charge in [0.2, 0.25) is 0 Å². The molecule has 0 bridgehead atoms. The van der Waals surface area contributed by atoms with Crippen LogP contribution < -0.4 is 9.47 Å². The second kappa shape index (κ2) is 7.26. The lowest BCUT2D eigenvalue weighted by atomic mass is 10.1. The number of hydrogen-bond acceptors (Lipinski definition) is 4. The van der Waals surface area contributed by atoms with Gasteiger partial charge in [0, 0.05) is 9.79 Å². The van der Waals surface area contributed by atoms with E-state index >= 15 is 0 Å². The standard InChI is InChI=1S/C16H14ClNO2S/c1-19-12-4-3-11(7-8-18)16(9-12)21-13-5-6-14(17)15(10-13)20-2/h3-6,9-10H,7H2,1-2H3. The smallest absolute Gasteiger partial charge is 0.138 e. The first kappa shape index (κ1) is 15.6. The van der Waals surface area contributed by atoms with Gasteiger partial charge in [-0.15, -0.1) is 0 Å². The molecule has 5 heteroatoms. The van der Waals surface area contributed by atoms with Gasteiger partial charge in [0.1, 0.15) is 11.5 Å². The molecule has 0 saturated carbocycles. The normalized spacial score (nSPS) is 10.0. The van der Waals surface area contributed by atoms with Crippen molar-refractivity contribution in [2.45, 2.75) is 16.2 Å². The van der Waals surface area contributed by atoms with E-state index in [1.165, 1.54) is 0 Å². The fourth-order valence-corrected chi connectivity index (χ4v) is 3.02. The third-order valence-corrected chi connectivity index (χ3v) is 4.30. The summed E-state index contributed by atoms with van der Waals surface area (Å²) < 4.78 is 10.5. The maximum absolute atomic E-state index is 8.93. The van der Waals surface area contributed by atoms with Crippen LogP contribution in [0.2, 0.25) is 5.02 Å². The molecule has 108 valence electrons. The third kappa shape index (κ3) is 3.84. The van der Waals surface area contributed by atoms with Crippen LogP contribution in [-0.4, -0.2) is 14.2 Å². The van der Waals surface area contributed by atoms with E-state index < -0.39 is 0 Å². The number of benzene rings is 2. The van der Waals surface area contributed by atoms with Gasteiger partial charge in [-0.25, -0.2) is 0 Å². The van der Waals surface area contributed by atoms with Crippen molar-refractivity contribution in [3.05, 3.63) is 47.0 Å². The summed E-state index contributed by atoms with van der Waals surface area (Å²) >= 11 is 7.58. The summed E-state index contributed by atoms with van der Waals surface area (Å²) in [7, 11) is 3.21. The second-order valence-electron chi connectivity index (χ2n) is 4.21. The molecule has 0 saturated heterocycles. The van der Waals surface area contributed by atoms with E-state index in [-0.39, 0.29) is 0 Å². The first-order valence-electron chi connectivity index (χ1n) is 6.23. The lowest BCUT2D eigenvalue weighted by Crippen LogP contribution is -1.90. The average Bonchev–Trinajstić information content (AvgIpc) is 2.51. The number of rotatable bonds is 5. The van der Waals surface area contributed by atoms with E-state index in [1.54, 1.807) is 32.0 Å². The van der Waals surface area contributed by atoms with Crippen molar-refractivity contribution in [2.24, 2.45) is 0 Å². The van der Waals surface area contributed by atoms with Crippen molar-refractivity contribution in [1.29, 1.82) is 5.26 Å². The molecule has 21 heavy (non-hydrogen) atoms. The summed E-state index contributed by atoms with van der Waals surface area (Å²) in [6.07, 6.45) is 0.358. The SMILES string of the molecule is COc1ccc(CC#N)c(Sc2ccc(Cl)c(OC)c2)c1. The van der Waals surface area contributed by atoms with Gasteiger partial charge in [0.25, 0.3) is 0 Å². The highest BCUT2D eigenvalue weighted by Gasteiger charge is 2.09. The van der Waals surface area contributed by atoms with Crippen LogP contribution in [0.15, 0.2) is 46.2 Å². The Morgan fingerprint density at radius 1 is 1.14 bits per heavy atom. The number of nitrogens with zero attached hydrogens (tertiary/aromatic N) is 1. The number of ether oxygens (including phenoxy) is 2. The molecule has 3 nitrogen and oxygen atoms in total. The molecule has 0 radical (unpaired) electrons. The predicted molar refractivity (Wildman–Crippen MR) is 84.4 cm³/mol. The number of halogens is 1. The van der Waals surface area contributed by atoms with Gasteiger partial charge in [-0.1, -0.05) is 29.4 Å². The van der Waals surface area contributed by atoms with Crippen molar-refractivity contribution >= 4 is 23.4 Å². The fourth-order valence-electron chi connectivity index (χ4n) is 1.82. The Hall–Kier alpha value is -1.83. The van der Waals surface area contributed by atoms with Crippen LogP contribution in [-0.2, 0) is 6.42 Å². The molecular weight excluding hydrogens is 306 g/mol. The van der Waals surface area contributed by atoms with Gasteiger partial charge in [0.15, 0.2) is 0 Å². The van der Waals surface area contributed by atoms with Gasteiger partial charge in [-0.3, -0.25) is 0 Å². The largest absolute Gasteiger partial charge is 0.497 e. The number of hydrogen-bond donors (Lipinski definition) is 0.